The van der Waals surface area contributed by atoms with Gasteiger partial charge in [0.2, 0.25) is 0 Å². The van der Waals surface area contributed by atoms with Gasteiger partial charge in [0.15, 0.2) is 6.33 Å². The molecule has 0 spiro atoms. The minimum atomic E-state index is -0.813. The fourth-order valence-electron chi connectivity index (χ4n) is 0.875. The van der Waals surface area contributed by atoms with Crippen LogP contribution < -0.4 is 0 Å². The fourth-order valence-corrected chi connectivity index (χ4v) is 0.875. The van der Waals surface area contributed by atoms with E-state index < -0.39 is 22.4 Å². The van der Waals surface area contributed by atoms with Crippen molar-refractivity contribution in [3.63, 3.8) is 0 Å². The van der Waals surface area contributed by atoms with Gasteiger partial charge in [-0.2, -0.15) is 4.79 Å². The van der Waals surface area contributed by atoms with E-state index in [-0.39, 0.29) is 0 Å². The van der Waals surface area contributed by atoms with Gasteiger partial charge in [-0.1, -0.05) is 0 Å². The van der Waals surface area contributed by atoms with Gasteiger partial charge in [0, 0.05) is 0 Å². The lowest BCUT2D eigenvalue weighted by Crippen LogP contribution is -2.27. The Morgan fingerprint density at radius 2 is 2.20 bits per heavy atom. The van der Waals surface area contributed by atoms with Crippen molar-refractivity contribution in [2.75, 3.05) is 0 Å². The van der Waals surface area contributed by atoms with Crippen molar-refractivity contribution in [3.05, 3.63) is 22.6 Å². The van der Waals surface area contributed by atoms with Crippen molar-refractivity contribution in [1.29, 1.82) is 0 Å². The molecule has 0 radical (unpaired) electrons. The third kappa shape index (κ3) is 2.76. The zero-order chi connectivity index (χ0) is 11.6. The number of nitro groups is 1. The molecule has 1 aromatic heterocycles. The quantitative estimate of drug-likeness (QED) is 0.522. The number of rotatable bonds is 1. The van der Waals surface area contributed by atoms with E-state index in [4.69, 9.17) is 4.74 Å². The molecule has 0 atom stereocenters. The molecule has 15 heavy (non-hydrogen) atoms. The van der Waals surface area contributed by atoms with Gasteiger partial charge in [0.05, 0.1) is 0 Å². The number of hydrogen-bond acceptors (Lipinski definition) is 5. The molecule has 0 bridgehead atoms. The van der Waals surface area contributed by atoms with E-state index >= 15 is 0 Å². The van der Waals surface area contributed by atoms with Gasteiger partial charge >= 0.3 is 11.9 Å². The Bertz CT molecular complexity index is 391. The second-order valence-corrected chi connectivity index (χ2v) is 3.86. The summed E-state index contributed by atoms with van der Waals surface area (Å²) in [6.45, 7) is 5.02. The SMILES string of the molecule is CC(C)(C)OC(=O)n1cncc1[N+](=O)[O-]. The van der Waals surface area contributed by atoms with Crippen molar-refractivity contribution < 1.29 is 14.5 Å². The maximum absolute atomic E-state index is 11.4. The molecule has 0 aliphatic rings. The smallest absolute Gasteiger partial charge is 0.425 e. The van der Waals surface area contributed by atoms with Crippen LogP contribution in [0.2, 0.25) is 0 Å². The number of aromatic nitrogens is 2. The van der Waals surface area contributed by atoms with Gasteiger partial charge < -0.3 is 14.9 Å². The molecule has 0 aromatic carbocycles. The van der Waals surface area contributed by atoms with Crippen LogP contribution in [0.5, 0.6) is 0 Å². The predicted octanol–water partition coefficient (Wildman–Crippen LogP) is 1.57. The van der Waals surface area contributed by atoms with Crippen LogP contribution in [0, 0.1) is 10.1 Å². The molecule has 1 heterocycles. The Hall–Kier alpha value is -1.92. The zero-order valence-electron chi connectivity index (χ0n) is 8.63. The van der Waals surface area contributed by atoms with Gasteiger partial charge in [-0.25, -0.2) is 4.98 Å². The van der Waals surface area contributed by atoms with Gasteiger partial charge in [0.1, 0.15) is 11.8 Å². The number of carbonyl (C=O) groups is 1. The Kier molecular flexibility index (Phi) is 2.74. The standard InChI is InChI=1S/C8H11N3O4/c1-8(2,3)15-7(12)10-5-9-4-6(10)11(13)14/h4-5H,1-3H3. The van der Waals surface area contributed by atoms with Crippen LogP contribution in [0.25, 0.3) is 0 Å². The largest absolute Gasteiger partial charge is 0.513 e. The molecule has 7 heteroatoms. The topological polar surface area (TPSA) is 87.3 Å². The van der Waals surface area contributed by atoms with E-state index in [2.05, 4.69) is 4.98 Å². The number of hydrogen-bond donors (Lipinski definition) is 0. The highest BCUT2D eigenvalue weighted by Gasteiger charge is 2.26. The molecule has 82 valence electrons. The van der Waals surface area contributed by atoms with Gasteiger partial charge in [-0.15, -0.1) is 4.57 Å². The molecule has 0 saturated heterocycles. The number of ether oxygens (including phenoxy) is 1. The number of imidazole rings is 1. The molecule has 7 nitrogen and oxygen atoms in total. The first-order valence-electron chi connectivity index (χ1n) is 4.21. The van der Waals surface area contributed by atoms with Crippen molar-refractivity contribution in [2.24, 2.45) is 0 Å². The lowest BCUT2D eigenvalue weighted by molar-refractivity contribution is -0.391. The highest BCUT2D eigenvalue weighted by Crippen LogP contribution is 2.14. The lowest BCUT2D eigenvalue weighted by Gasteiger charge is -2.17. The van der Waals surface area contributed by atoms with Crippen molar-refractivity contribution in [2.45, 2.75) is 26.4 Å². The molecule has 0 aliphatic carbocycles. The normalized spacial score (nSPS) is 11.1. The molecule has 0 N–H and O–H groups in total. The summed E-state index contributed by atoms with van der Waals surface area (Å²) in [5.74, 6) is -0.413. The van der Waals surface area contributed by atoms with Gasteiger partial charge in [-0.3, -0.25) is 0 Å². The molecule has 0 aliphatic heterocycles. The summed E-state index contributed by atoms with van der Waals surface area (Å²) in [5, 5.41) is 10.5. The van der Waals surface area contributed by atoms with E-state index in [9.17, 15) is 14.9 Å². The van der Waals surface area contributed by atoms with E-state index in [0.29, 0.717) is 0 Å². The summed E-state index contributed by atoms with van der Waals surface area (Å²) in [4.78, 5) is 24.8. The number of carbonyl (C=O) groups excluding carboxylic acids is 1. The molecule has 0 saturated carbocycles. The molecule has 0 unspecified atom stereocenters. The zero-order valence-corrected chi connectivity index (χ0v) is 8.63. The molecular formula is C8H11N3O4. The van der Waals surface area contributed by atoms with Crippen LogP contribution in [0.4, 0.5) is 10.6 Å². The lowest BCUT2D eigenvalue weighted by atomic mass is 10.2. The molecule has 0 amide bonds. The van der Waals surface area contributed by atoms with Gasteiger partial charge in [-0.05, 0) is 25.7 Å². The third-order valence-electron chi connectivity index (χ3n) is 1.40. The fraction of sp³-hybridized carbons (Fsp3) is 0.500. The maximum Gasteiger partial charge on any atom is 0.513 e. The molecule has 1 aromatic rings. The average Bonchev–Trinajstić information content (AvgIpc) is 2.47. The minimum absolute atomic E-state index is 0.413. The van der Waals surface area contributed by atoms with Gasteiger partial charge in [0.25, 0.3) is 0 Å². The predicted molar refractivity (Wildman–Crippen MR) is 50.5 cm³/mol. The molecule has 1 rings (SSSR count). The summed E-state index contributed by atoms with van der Waals surface area (Å²) < 4.78 is 5.71. The Morgan fingerprint density at radius 3 is 2.67 bits per heavy atom. The van der Waals surface area contributed by atoms with Crippen LogP contribution in [0.3, 0.4) is 0 Å². The monoisotopic (exact) mass is 213 g/mol. The third-order valence-corrected chi connectivity index (χ3v) is 1.40. The van der Waals surface area contributed by atoms with E-state index in [1.165, 1.54) is 0 Å². The molecular weight excluding hydrogens is 202 g/mol. The second-order valence-electron chi connectivity index (χ2n) is 3.86. The van der Waals surface area contributed by atoms with E-state index in [1.807, 2.05) is 0 Å². The molecule has 0 fully saturated rings. The summed E-state index contributed by atoms with van der Waals surface area (Å²) in [6, 6.07) is 0. The van der Waals surface area contributed by atoms with E-state index in [0.717, 1.165) is 17.1 Å². The van der Waals surface area contributed by atoms with Crippen LogP contribution >= 0.6 is 0 Å². The Morgan fingerprint density at radius 1 is 1.60 bits per heavy atom. The summed E-state index contributed by atoms with van der Waals surface area (Å²) >= 11 is 0. The summed E-state index contributed by atoms with van der Waals surface area (Å²) in [6.07, 6.45) is 1.22. The van der Waals surface area contributed by atoms with Crippen molar-refractivity contribution in [3.8, 4) is 0 Å². The Labute approximate surface area is 85.8 Å². The van der Waals surface area contributed by atoms with Crippen molar-refractivity contribution in [1.82, 2.24) is 9.55 Å². The van der Waals surface area contributed by atoms with Crippen LogP contribution in [-0.2, 0) is 4.74 Å². The average molecular weight is 213 g/mol. The highest BCUT2D eigenvalue weighted by atomic mass is 16.6. The maximum atomic E-state index is 11.4. The highest BCUT2D eigenvalue weighted by molar-refractivity contribution is 5.73. The summed E-state index contributed by atoms with van der Waals surface area (Å²) in [7, 11) is 0. The summed E-state index contributed by atoms with van der Waals surface area (Å²) in [5.41, 5.74) is -0.699. The van der Waals surface area contributed by atoms with Crippen molar-refractivity contribution >= 4 is 11.9 Å². The van der Waals surface area contributed by atoms with Crippen LogP contribution in [-0.4, -0.2) is 26.2 Å². The first kappa shape index (κ1) is 11.2. The van der Waals surface area contributed by atoms with Crippen LogP contribution in [0.15, 0.2) is 12.5 Å². The Balaban J connectivity index is 2.92. The van der Waals surface area contributed by atoms with E-state index in [1.54, 1.807) is 20.8 Å². The number of nitrogens with zero attached hydrogens (tertiary/aromatic N) is 3. The minimum Gasteiger partial charge on any atom is -0.425 e. The second kappa shape index (κ2) is 3.68. The van der Waals surface area contributed by atoms with Crippen LogP contribution in [0.1, 0.15) is 20.8 Å². The first-order chi connectivity index (χ1) is 6.81. The first-order valence-corrected chi connectivity index (χ1v) is 4.21.